The fraction of sp³-hybridized carbons (Fsp3) is 0.208. The van der Waals surface area contributed by atoms with Crippen molar-refractivity contribution in [2.75, 3.05) is 16.8 Å². The summed E-state index contributed by atoms with van der Waals surface area (Å²) in [5.41, 5.74) is 1.26. The van der Waals surface area contributed by atoms with Crippen LogP contribution in [0.25, 0.3) is 22.3 Å². The predicted molar refractivity (Wildman–Crippen MR) is 124 cm³/mol. The summed E-state index contributed by atoms with van der Waals surface area (Å²) in [5.74, 6) is -2.81. The lowest BCUT2D eigenvalue weighted by molar-refractivity contribution is 0.102. The van der Waals surface area contributed by atoms with E-state index < -0.39 is 39.2 Å². The molecule has 7 nitrogen and oxygen atoms in total. The number of rotatable bonds is 4. The van der Waals surface area contributed by atoms with Crippen molar-refractivity contribution in [3.63, 3.8) is 0 Å². The molecule has 0 bridgehead atoms. The maximum atomic E-state index is 14.2. The molecule has 2 aromatic carbocycles. The van der Waals surface area contributed by atoms with E-state index in [4.69, 9.17) is 0 Å². The van der Waals surface area contributed by atoms with E-state index in [0.29, 0.717) is 28.8 Å². The van der Waals surface area contributed by atoms with Gasteiger partial charge in [-0.3, -0.25) is 4.79 Å². The maximum Gasteiger partial charge on any atom is 0.256 e. The summed E-state index contributed by atoms with van der Waals surface area (Å²) >= 11 is 0. The topological polar surface area (TPSA) is 93.9 Å². The lowest BCUT2D eigenvalue weighted by Crippen LogP contribution is -2.15. The molecule has 35 heavy (non-hydrogen) atoms. The van der Waals surface area contributed by atoms with Gasteiger partial charge < -0.3 is 5.32 Å². The van der Waals surface area contributed by atoms with Crippen molar-refractivity contribution < 1.29 is 26.4 Å². The first-order valence-corrected chi connectivity index (χ1v) is 12.6. The number of benzene rings is 2. The summed E-state index contributed by atoms with van der Waals surface area (Å²) in [6.07, 6.45) is 0.344. The average Bonchev–Trinajstić information content (AvgIpc) is 3.35. The molecule has 0 aliphatic carbocycles. The first kappa shape index (κ1) is 23.0. The van der Waals surface area contributed by atoms with Crippen molar-refractivity contribution in [3.05, 3.63) is 77.2 Å². The second-order valence-electron chi connectivity index (χ2n) is 8.43. The second kappa shape index (κ2) is 8.49. The number of hydrogen-bond donors (Lipinski definition) is 1. The van der Waals surface area contributed by atoms with Crippen LogP contribution in [-0.4, -0.2) is 40.6 Å². The van der Waals surface area contributed by atoms with Crippen molar-refractivity contribution in [1.29, 1.82) is 0 Å². The van der Waals surface area contributed by atoms with Crippen LogP contribution >= 0.6 is 0 Å². The summed E-state index contributed by atoms with van der Waals surface area (Å²) < 4.78 is 67.0. The molecule has 11 heteroatoms. The zero-order chi connectivity index (χ0) is 24.9. The van der Waals surface area contributed by atoms with Gasteiger partial charge in [-0.15, -0.1) is 0 Å². The molecule has 1 aliphatic rings. The summed E-state index contributed by atoms with van der Waals surface area (Å²) in [7, 11) is -3.23. The minimum Gasteiger partial charge on any atom is -0.319 e. The van der Waals surface area contributed by atoms with Crippen molar-refractivity contribution in [3.8, 4) is 11.3 Å². The van der Waals surface area contributed by atoms with E-state index >= 15 is 0 Å². The second-order valence-corrected chi connectivity index (χ2v) is 10.7. The van der Waals surface area contributed by atoms with E-state index in [2.05, 4.69) is 15.4 Å². The number of aryl methyl sites for hydroxylation is 1. The minimum absolute atomic E-state index is 0.0158. The monoisotopic (exact) mass is 500 g/mol. The van der Waals surface area contributed by atoms with E-state index in [1.165, 1.54) is 35.0 Å². The van der Waals surface area contributed by atoms with Gasteiger partial charge >= 0.3 is 0 Å². The highest BCUT2D eigenvalue weighted by Crippen LogP contribution is 2.32. The van der Waals surface area contributed by atoms with Gasteiger partial charge in [-0.25, -0.2) is 31.3 Å². The molecule has 1 saturated heterocycles. The predicted octanol–water partition coefficient (Wildman–Crippen LogP) is 4.44. The van der Waals surface area contributed by atoms with Crippen molar-refractivity contribution in [1.82, 2.24) is 14.8 Å². The molecular weight excluding hydrogens is 481 g/mol. The van der Waals surface area contributed by atoms with Gasteiger partial charge in [-0.1, -0.05) is 0 Å². The van der Waals surface area contributed by atoms with Crippen molar-refractivity contribution in [2.45, 2.75) is 19.4 Å². The van der Waals surface area contributed by atoms with Gasteiger partial charge in [0.2, 0.25) is 0 Å². The number of nitrogens with zero attached hydrogens (tertiary/aromatic N) is 3. The Morgan fingerprint density at radius 3 is 2.46 bits per heavy atom. The molecule has 5 rings (SSSR count). The highest BCUT2D eigenvalue weighted by atomic mass is 32.2. The molecule has 1 fully saturated rings. The molecule has 1 aliphatic heterocycles. The Hall–Kier alpha value is -3.73. The third-order valence-electron chi connectivity index (χ3n) is 5.95. The third-order valence-corrected chi connectivity index (χ3v) is 7.70. The smallest absolute Gasteiger partial charge is 0.256 e. The van der Waals surface area contributed by atoms with E-state index in [9.17, 15) is 26.4 Å². The Bertz CT molecular complexity index is 1580. The van der Waals surface area contributed by atoms with Crippen molar-refractivity contribution in [2.24, 2.45) is 0 Å². The van der Waals surface area contributed by atoms with Gasteiger partial charge in [-0.2, -0.15) is 5.10 Å². The standard InChI is InChI=1S/C24H19F3N4O3S/c1-13-22-18(24(32)29-21-10-16(26)6-7-19(21)27)11-20(14-2-4-15(25)5-3-14)28-23(22)31(30-13)17-8-9-35(33,34)12-17/h2-7,10-11,17H,8-9,12H2,1H3,(H,29,32). The Balaban J connectivity index is 1.69. The van der Waals surface area contributed by atoms with Gasteiger partial charge in [0.05, 0.1) is 45.6 Å². The number of fused-ring (bicyclic) bond motifs is 1. The van der Waals surface area contributed by atoms with E-state index in [-0.39, 0.29) is 28.4 Å². The van der Waals surface area contributed by atoms with E-state index in [1.54, 1.807) is 6.92 Å². The zero-order valence-electron chi connectivity index (χ0n) is 18.4. The Labute approximate surface area is 198 Å². The number of carbonyl (C=O) groups is 1. The summed E-state index contributed by atoms with van der Waals surface area (Å²) in [4.78, 5) is 17.9. The van der Waals surface area contributed by atoms with Gasteiger partial charge in [0.1, 0.15) is 17.5 Å². The lowest BCUT2D eigenvalue weighted by Gasteiger charge is -2.13. The number of nitrogens with one attached hydrogen (secondary N) is 1. The normalized spacial score (nSPS) is 17.1. The van der Waals surface area contributed by atoms with Gasteiger partial charge in [0.15, 0.2) is 15.5 Å². The highest BCUT2D eigenvalue weighted by Gasteiger charge is 2.32. The molecule has 0 saturated carbocycles. The molecule has 0 radical (unpaired) electrons. The fourth-order valence-corrected chi connectivity index (χ4v) is 5.96. The number of anilines is 1. The van der Waals surface area contributed by atoms with Crippen LogP contribution in [0.1, 0.15) is 28.5 Å². The van der Waals surface area contributed by atoms with Crippen LogP contribution in [0, 0.1) is 24.4 Å². The van der Waals surface area contributed by atoms with E-state index in [1.807, 2.05) is 0 Å². The van der Waals surface area contributed by atoms with Gasteiger partial charge in [0.25, 0.3) is 5.91 Å². The summed E-state index contributed by atoms with van der Waals surface area (Å²) in [5, 5.41) is 7.23. The summed E-state index contributed by atoms with van der Waals surface area (Å²) in [6, 6.07) is 9.18. The summed E-state index contributed by atoms with van der Waals surface area (Å²) in [6.45, 7) is 1.65. The third kappa shape index (κ3) is 4.39. The Morgan fingerprint density at radius 1 is 1.06 bits per heavy atom. The molecular formula is C24H19F3N4O3S. The van der Waals surface area contributed by atoms with Crippen LogP contribution < -0.4 is 5.32 Å². The first-order valence-electron chi connectivity index (χ1n) is 10.7. The fourth-order valence-electron chi connectivity index (χ4n) is 4.27. The molecule has 4 aromatic rings. The highest BCUT2D eigenvalue weighted by molar-refractivity contribution is 7.91. The molecule has 1 N–H and O–H groups in total. The lowest BCUT2D eigenvalue weighted by atomic mass is 10.0. The number of hydrogen-bond acceptors (Lipinski definition) is 5. The van der Waals surface area contributed by atoms with Crippen LogP contribution in [0.3, 0.4) is 0 Å². The molecule has 1 amide bonds. The zero-order valence-corrected chi connectivity index (χ0v) is 19.2. The first-order chi connectivity index (χ1) is 16.6. The van der Waals surface area contributed by atoms with E-state index in [0.717, 1.165) is 18.2 Å². The molecule has 2 aromatic heterocycles. The number of pyridine rings is 1. The molecule has 180 valence electrons. The quantitative estimate of drug-likeness (QED) is 0.447. The molecule has 3 heterocycles. The molecule has 0 spiro atoms. The van der Waals surface area contributed by atoms with Crippen LogP contribution in [0.4, 0.5) is 18.9 Å². The number of halogens is 3. The minimum atomic E-state index is -3.23. The number of sulfone groups is 1. The van der Waals surface area contributed by atoms with Gasteiger partial charge in [-0.05, 0) is 55.8 Å². The van der Waals surface area contributed by atoms with Crippen LogP contribution in [-0.2, 0) is 9.84 Å². The SMILES string of the molecule is Cc1nn(C2CCS(=O)(=O)C2)c2nc(-c3ccc(F)cc3)cc(C(=O)Nc3cc(F)ccc3F)c12. The Morgan fingerprint density at radius 2 is 1.77 bits per heavy atom. The number of carbonyl (C=O) groups excluding carboxylic acids is 1. The number of amides is 1. The molecule has 1 unspecified atom stereocenters. The van der Waals surface area contributed by atoms with Crippen LogP contribution in [0.5, 0.6) is 0 Å². The van der Waals surface area contributed by atoms with Gasteiger partial charge in [0, 0.05) is 11.6 Å². The van der Waals surface area contributed by atoms with Crippen LogP contribution in [0.15, 0.2) is 48.5 Å². The molecule has 1 atom stereocenters. The number of aromatic nitrogens is 3. The maximum absolute atomic E-state index is 14.2. The van der Waals surface area contributed by atoms with Crippen molar-refractivity contribution >= 4 is 32.5 Å². The largest absolute Gasteiger partial charge is 0.319 e. The Kier molecular flexibility index (Phi) is 5.59. The average molecular weight is 501 g/mol. The van der Waals surface area contributed by atoms with Crippen LogP contribution in [0.2, 0.25) is 0 Å².